The van der Waals surface area contributed by atoms with Crippen LogP contribution in [-0.4, -0.2) is 14.3 Å². The van der Waals surface area contributed by atoms with Gasteiger partial charge in [0.1, 0.15) is 4.90 Å². The number of anilines is 2. The van der Waals surface area contributed by atoms with Crippen molar-refractivity contribution in [3.8, 4) is 0 Å². The number of amides is 1. The van der Waals surface area contributed by atoms with Crippen molar-refractivity contribution >= 4 is 50.5 Å². The van der Waals surface area contributed by atoms with Crippen LogP contribution in [0.2, 0.25) is 10.0 Å². The van der Waals surface area contributed by atoms with Crippen LogP contribution in [0, 0.1) is 5.41 Å². The molecule has 134 valence electrons. The standard InChI is InChI=1S/C17H18Cl2N2O3S/c1-17(2,3)16(22)20-11-7-9-12(10-8-11)21-25(23,24)15-13(18)5-4-6-14(15)19/h4-10,21H,1-3H3,(H,20,22). The molecule has 0 unspecified atom stereocenters. The molecule has 2 N–H and O–H groups in total. The molecule has 0 radical (unpaired) electrons. The van der Waals surface area contributed by atoms with Crippen LogP contribution < -0.4 is 10.0 Å². The van der Waals surface area contributed by atoms with Crippen LogP contribution in [-0.2, 0) is 14.8 Å². The van der Waals surface area contributed by atoms with Crippen LogP contribution in [0.3, 0.4) is 0 Å². The maximum atomic E-state index is 12.5. The lowest BCUT2D eigenvalue weighted by atomic mass is 9.95. The first-order valence-corrected chi connectivity index (χ1v) is 9.63. The minimum atomic E-state index is -3.94. The minimum Gasteiger partial charge on any atom is -0.326 e. The normalized spacial score (nSPS) is 11.9. The molecule has 0 aliphatic carbocycles. The van der Waals surface area contributed by atoms with Gasteiger partial charge in [-0.2, -0.15) is 0 Å². The summed E-state index contributed by atoms with van der Waals surface area (Å²) in [7, 11) is -3.94. The van der Waals surface area contributed by atoms with Gasteiger partial charge in [0.2, 0.25) is 5.91 Å². The molecule has 25 heavy (non-hydrogen) atoms. The first-order valence-electron chi connectivity index (χ1n) is 7.39. The maximum absolute atomic E-state index is 12.5. The first kappa shape index (κ1) is 19.6. The molecule has 0 saturated heterocycles. The maximum Gasteiger partial charge on any atom is 0.264 e. The Morgan fingerprint density at radius 1 is 0.920 bits per heavy atom. The fourth-order valence-corrected chi connectivity index (χ4v) is 4.09. The van der Waals surface area contributed by atoms with E-state index in [0.717, 1.165) is 0 Å². The van der Waals surface area contributed by atoms with Crippen molar-refractivity contribution in [1.82, 2.24) is 0 Å². The zero-order valence-corrected chi connectivity index (χ0v) is 16.3. The van der Waals surface area contributed by atoms with Crippen LogP contribution in [0.4, 0.5) is 11.4 Å². The molecule has 0 bridgehead atoms. The summed E-state index contributed by atoms with van der Waals surface area (Å²) in [5.41, 5.74) is 0.365. The molecule has 0 aromatic heterocycles. The lowest BCUT2D eigenvalue weighted by molar-refractivity contribution is -0.123. The number of rotatable bonds is 4. The second kappa shape index (κ2) is 7.23. The molecular formula is C17H18Cl2N2O3S. The van der Waals surface area contributed by atoms with Gasteiger partial charge >= 0.3 is 0 Å². The van der Waals surface area contributed by atoms with E-state index >= 15 is 0 Å². The zero-order chi connectivity index (χ0) is 18.8. The van der Waals surface area contributed by atoms with Gasteiger partial charge in [0.15, 0.2) is 0 Å². The largest absolute Gasteiger partial charge is 0.326 e. The topological polar surface area (TPSA) is 75.3 Å². The van der Waals surface area contributed by atoms with Gasteiger partial charge in [0, 0.05) is 16.8 Å². The molecule has 5 nitrogen and oxygen atoms in total. The van der Waals surface area contributed by atoms with Crippen LogP contribution in [0.15, 0.2) is 47.4 Å². The molecule has 0 saturated carbocycles. The van der Waals surface area contributed by atoms with Gasteiger partial charge in [-0.15, -0.1) is 0 Å². The molecule has 0 atom stereocenters. The first-order chi connectivity index (χ1) is 11.5. The summed E-state index contributed by atoms with van der Waals surface area (Å²) in [6, 6.07) is 10.8. The second-order valence-electron chi connectivity index (χ2n) is 6.44. The van der Waals surface area contributed by atoms with E-state index in [1.807, 2.05) is 0 Å². The number of hydrogen-bond donors (Lipinski definition) is 2. The molecule has 0 heterocycles. The highest BCUT2D eigenvalue weighted by Crippen LogP contribution is 2.30. The molecule has 0 aliphatic rings. The lowest BCUT2D eigenvalue weighted by Crippen LogP contribution is -2.27. The smallest absolute Gasteiger partial charge is 0.264 e. The molecule has 0 aliphatic heterocycles. The van der Waals surface area contributed by atoms with E-state index in [1.54, 1.807) is 51.1 Å². The quantitative estimate of drug-likeness (QED) is 0.774. The Morgan fingerprint density at radius 3 is 1.88 bits per heavy atom. The molecule has 2 rings (SSSR count). The zero-order valence-electron chi connectivity index (χ0n) is 13.9. The van der Waals surface area contributed by atoms with E-state index in [9.17, 15) is 13.2 Å². The van der Waals surface area contributed by atoms with Crippen molar-refractivity contribution in [3.05, 3.63) is 52.5 Å². The Hall–Kier alpha value is -1.76. The van der Waals surface area contributed by atoms with E-state index in [4.69, 9.17) is 23.2 Å². The average Bonchev–Trinajstić information content (AvgIpc) is 2.47. The Balaban J connectivity index is 2.20. The average molecular weight is 401 g/mol. The highest BCUT2D eigenvalue weighted by Gasteiger charge is 2.22. The number of carbonyl (C=O) groups is 1. The van der Waals surface area contributed by atoms with Crippen molar-refractivity contribution in [3.63, 3.8) is 0 Å². The molecule has 2 aromatic carbocycles. The van der Waals surface area contributed by atoms with Crippen LogP contribution in [0.25, 0.3) is 0 Å². The third-order valence-electron chi connectivity index (χ3n) is 3.26. The van der Waals surface area contributed by atoms with E-state index in [2.05, 4.69) is 10.0 Å². The third kappa shape index (κ3) is 4.87. The predicted octanol–water partition coefficient (Wildman–Crippen LogP) is 4.78. The predicted molar refractivity (Wildman–Crippen MR) is 102 cm³/mol. The molecule has 8 heteroatoms. The van der Waals surface area contributed by atoms with E-state index < -0.39 is 15.4 Å². The van der Waals surface area contributed by atoms with Crippen molar-refractivity contribution < 1.29 is 13.2 Å². The van der Waals surface area contributed by atoms with Crippen LogP contribution in [0.1, 0.15) is 20.8 Å². The van der Waals surface area contributed by atoms with Gasteiger partial charge in [-0.25, -0.2) is 8.42 Å². The molecule has 0 spiro atoms. The summed E-state index contributed by atoms with van der Waals surface area (Å²) in [5, 5.41) is 2.84. The van der Waals surface area contributed by atoms with Crippen molar-refractivity contribution in [2.24, 2.45) is 5.41 Å². The van der Waals surface area contributed by atoms with Gasteiger partial charge in [0.25, 0.3) is 10.0 Å². The summed E-state index contributed by atoms with van der Waals surface area (Å²) in [5.74, 6) is -0.135. The lowest BCUT2D eigenvalue weighted by Gasteiger charge is -2.18. The Morgan fingerprint density at radius 2 is 1.40 bits per heavy atom. The van der Waals surface area contributed by atoms with Gasteiger partial charge in [-0.1, -0.05) is 50.0 Å². The number of halogens is 2. The number of sulfonamides is 1. The summed E-state index contributed by atoms with van der Waals surface area (Å²) < 4.78 is 27.4. The molecule has 1 amide bonds. The van der Waals surface area contributed by atoms with Gasteiger partial charge in [-0.3, -0.25) is 9.52 Å². The summed E-state index contributed by atoms with van der Waals surface area (Å²) >= 11 is 11.9. The van der Waals surface area contributed by atoms with E-state index in [0.29, 0.717) is 11.4 Å². The summed E-state index contributed by atoms with van der Waals surface area (Å²) in [6.07, 6.45) is 0. The number of benzene rings is 2. The van der Waals surface area contributed by atoms with Crippen molar-refractivity contribution in [2.45, 2.75) is 25.7 Å². The monoisotopic (exact) mass is 400 g/mol. The second-order valence-corrected chi connectivity index (χ2v) is 8.87. The fraction of sp³-hybridized carbons (Fsp3) is 0.235. The van der Waals surface area contributed by atoms with Gasteiger partial charge in [-0.05, 0) is 36.4 Å². The van der Waals surface area contributed by atoms with Gasteiger partial charge < -0.3 is 5.32 Å². The molecular weight excluding hydrogens is 383 g/mol. The Kier molecular flexibility index (Phi) is 5.66. The summed E-state index contributed by atoms with van der Waals surface area (Å²) in [4.78, 5) is 11.8. The fourth-order valence-electron chi connectivity index (χ4n) is 1.89. The van der Waals surface area contributed by atoms with Crippen molar-refractivity contribution in [1.29, 1.82) is 0 Å². The van der Waals surface area contributed by atoms with Crippen molar-refractivity contribution in [2.75, 3.05) is 10.0 Å². The minimum absolute atomic E-state index is 0.0362. The SMILES string of the molecule is CC(C)(C)C(=O)Nc1ccc(NS(=O)(=O)c2c(Cl)cccc2Cl)cc1. The number of hydrogen-bond acceptors (Lipinski definition) is 3. The third-order valence-corrected chi connectivity index (χ3v) is 5.60. The summed E-state index contributed by atoms with van der Waals surface area (Å²) in [6.45, 7) is 5.41. The van der Waals surface area contributed by atoms with E-state index in [1.165, 1.54) is 12.1 Å². The highest BCUT2D eigenvalue weighted by molar-refractivity contribution is 7.93. The van der Waals surface area contributed by atoms with Crippen LogP contribution in [0.5, 0.6) is 0 Å². The number of nitrogens with one attached hydrogen (secondary N) is 2. The Bertz CT molecular complexity index is 869. The van der Waals surface area contributed by atoms with Crippen LogP contribution >= 0.6 is 23.2 Å². The van der Waals surface area contributed by atoms with Gasteiger partial charge in [0.05, 0.1) is 10.0 Å². The molecule has 2 aromatic rings. The highest BCUT2D eigenvalue weighted by atomic mass is 35.5. The molecule has 0 fully saturated rings. The Labute approximate surface area is 157 Å². The number of carbonyl (C=O) groups excluding carboxylic acids is 1. The van der Waals surface area contributed by atoms with E-state index in [-0.39, 0.29) is 20.8 Å².